The van der Waals surface area contributed by atoms with Gasteiger partial charge in [-0.05, 0) is 37.4 Å². The van der Waals surface area contributed by atoms with Crippen LogP contribution in [0.5, 0.6) is 5.75 Å². The van der Waals surface area contributed by atoms with Crippen molar-refractivity contribution in [1.29, 1.82) is 0 Å². The number of rotatable bonds is 3. The van der Waals surface area contributed by atoms with E-state index < -0.39 is 6.36 Å². The summed E-state index contributed by atoms with van der Waals surface area (Å²) in [5.41, 5.74) is 0.919. The van der Waals surface area contributed by atoms with Gasteiger partial charge in [0, 0.05) is 12.1 Å². The van der Waals surface area contributed by atoms with Crippen LogP contribution in [0.25, 0.3) is 0 Å². The minimum Gasteiger partial charge on any atom is -0.405 e. The van der Waals surface area contributed by atoms with Crippen LogP contribution < -0.4 is 4.74 Å². The zero-order valence-electron chi connectivity index (χ0n) is 11.8. The summed E-state index contributed by atoms with van der Waals surface area (Å²) in [6.45, 7) is 6.78. The number of halogens is 3. The molecule has 1 fully saturated rings. The average molecular weight is 287 g/mol. The van der Waals surface area contributed by atoms with Gasteiger partial charge in [0.2, 0.25) is 0 Å². The number of hydrogen-bond acceptors (Lipinski definition) is 2. The first-order valence-corrected chi connectivity index (χ1v) is 6.81. The van der Waals surface area contributed by atoms with Gasteiger partial charge in [0.05, 0.1) is 0 Å². The van der Waals surface area contributed by atoms with Crippen molar-refractivity contribution in [2.45, 2.75) is 39.6 Å². The van der Waals surface area contributed by atoms with Crippen molar-refractivity contribution >= 4 is 0 Å². The highest BCUT2D eigenvalue weighted by molar-refractivity contribution is 5.33. The Morgan fingerprint density at radius 3 is 2.35 bits per heavy atom. The van der Waals surface area contributed by atoms with Crippen molar-refractivity contribution in [3.63, 3.8) is 0 Å². The molecule has 0 atom stereocenters. The van der Waals surface area contributed by atoms with Crippen LogP contribution >= 0.6 is 0 Å². The molecule has 0 bridgehead atoms. The van der Waals surface area contributed by atoms with Gasteiger partial charge in [-0.25, -0.2) is 0 Å². The Labute approximate surface area is 117 Å². The molecule has 5 heteroatoms. The van der Waals surface area contributed by atoms with Crippen LogP contribution in [0.15, 0.2) is 24.3 Å². The molecule has 1 aliphatic rings. The summed E-state index contributed by atoms with van der Waals surface area (Å²) in [5, 5.41) is 0. The van der Waals surface area contributed by atoms with E-state index in [2.05, 4.69) is 23.5 Å². The molecule has 1 saturated heterocycles. The van der Waals surface area contributed by atoms with E-state index in [1.54, 1.807) is 18.2 Å². The molecule has 1 aromatic carbocycles. The SMILES string of the molecule is CC1(C)CCN(Cc2ccccc2OC(F)(F)F)CC1. The van der Waals surface area contributed by atoms with Crippen LogP contribution in [0.3, 0.4) is 0 Å². The third kappa shape index (κ3) is 4.40. The van der Waals surface area contributed by atoms with E-state index in [1.165, 1.54) is 6.07 Å². The number of likely N-dealkylation sites (tertiary alicyclic amines) is 1. The topological polar surface area (TPSA) is 12.5 Å². The van der Waals surface area contributed by atoms with Gasteiger partial charge >= 0.3 is 6.36 Å². The van der Waals surface area contributed by atoms with Crippen molar-refractivity contribution in [2.75, 3.05) is 13.1 Å². The molecule has 112 valence electrons. The van der Waals surface area contributed by atoms with E-state index in [1.807, 2.05) is 0 Å². The van der Waals surface area contributed by atoms with Gasteiger partial charge in [-0.2, -0.15) is 0 Å². The van der Waals surface area contributed by atoms with Gasteiger partial charge < -0.3 is 4.74 Å². The first-order chi connectivity index (χ1) is 9.25. The van der Waals surface area contributed by atoms with E-state index >= 15 is 0 Å². The Bertz CT molecular complexity index is 447. The maximum Gasteiger partial charge on any atom is 0.573 e. The first-order valence-electron chi connectivity index (χ1n) is 6.81. The predicted octanol–water partition coefficient (Wildman–Crippen LogP) is 4.21. The Balaban J connectivity index is 2.03. The molecule has 0 spiro atoms. The number of benzene rings is 1. The molecule has 2 rings (SSSR count). The second kappa shape index (κ2) is 5.64. The second-order valence-electron chi connectivity index (χ2n) is 6.10. The summed E-state index contributed by atoms with van der Waals surface area (Å²) in [7, 11) is 0. The number of nitrogens with zero attached hydrogens (tertiary/aromatic N) is 1. The van der Waals surface area contributed by atoms with Gasteiger partial charge in [0.15, 0.2) is 0 Å². The Morgan fingerprint density at radius 1 is 1.15 bits per heavy atom. The molecule has 0 N–H and O–H groups in total. The van der Waals surface area contributed by atoms with Crippen molar-refractivity contribution in [2.24, 2.45) is 5.41 Å². The zero-order chi connectivity index (χ0) is 14.8. The molecule has 1 aliphatic heterocycles. The molecule has 0 saturated carbocycles. The second-order valence-corrected chi connectivity index (χ2v) is 6.10. The van der Waals surface area contributed by atoms with Crippen LogP contribution in [0, 0.1) is 5.41 Å². The van der Waals surface area contributed by atoms with Crippen LogP contribution in [0.2, 0.25) is 0 Å². The third-order valence-corrected chi connectivity index (χ3v) is 3.80. The number of piperidine rings is 1. The quantitative estimate of drug-likeness (QED) is 0.826. The van der Waals surface area contributed by atoms with Gasteiger partial charge in [-0.3, -0.25) is 4.90 Å². The smallest absolute Gasteiger partial charge is 0.405 e. The molecule has 2 nitrogen and oxygen atoms in total. The molecule has 0 radical (unpaired) electrons. The van der Waals surface area contributed by atoms with E-state index in [4.69, 9.17) is 0 Å². The fourth-order valence-corrected chi connectivity index (χ4v) is 2.42. The highest BCUT2D eigenvalue weighted by atomic mass is 19.4. The van der Waals surface area contributed by atoms with Crippen molar-refractivity contribution in [3.05, 3.63) is 29.8 Å². The van der Waals surface area contributed by atoms with Crippen molar-refractivity contribution in [3.8, 4) is 5.75 Å². The Kier molecular flexibility index (Phi) is 4.28. The van der Waals surface area contributed by atoms with E-state index in [0.717, 1.165) is 25.9 Å². The summed E-state index contributed by atoms with van der Waals surface area (Å²) >= 11 is 0. The van der Waals surface area contributed by atoms with Crippen molar-refractivity contribution < 1.29 is 17.9 Å². The van der Waals surface area contributed by atoms with Gasteiger partial charge in [-0.1, -0.05) is 32.0 Å². The normalized spacial score (nSPS) is 19.9. The maximum absolute atomic E-state index is 12.4. The molecular formula is C15H20F3NO. The molecule has 0 amide bonds. The monoisotopic (exact) mass is 287 g/mol. The van der Waals surface area contributed by atoms with E-state index in [0.29, 0.717) is 17.5 Å². The van der Waals surface area contributed by atoms with Crippen LogP contribution in [0.1, 0.15) is 32.3 Å². The van der Waals surface area contributed by atoms with Gasteiger partial charge in [0.25, 0.3) is 0 Å². The van der Waals surface area contributed by atoms with Crippen LogP contribution in [0.4, 0.5) is 13.2 Å². The molecule has 20 heavy (non-hydrogen) atoms. The van der Waals surface area contributed by atoms with Gasteiger partial charge in [-0.15, -0.1) is 13.2 Å². The lowest BCUT2D eigenvalue weighted by molar-refractivity contribution is -0.275. The summed E-state index contributed by atoms with van der Waals surface area (Å²) in [6, 6.07) is 6.37. The summed E-state index contributed by atoms with van der Waals surface area (Å²) in [6.07, 6.45) is -2.51. The van der Waals surface area contributed by atoms with E-state index in [-0.39, 0.29) is 5.75 Å². The van der Waals surface area contributed by atoms with Gasteiger partial charge in [0.1, 0.15) is 5.75 Å². The molecule has 0 aromatic heterocycles. The summed E-state index contributed by atoms with van der Waals surface area (Å²) < 4.78 is 41.2. The predicted molar refractivity (Wildman–Crippen MR) is 71.4 cm³/mol. The van der Waals surface area contributed by atoms with Crippen molar-refractivity contribution in [1.82, 2.24) is 4.90 Å². The number of ether oxygens (including phenoxy) is 1. The highest BCUT2D eigenvalue weighted by Crippen LogP contribution is 2.32. The largest absolute Gasteiger partial charge is 0.573 e. The standard InChI is InChI=1S/C15H20F3NO/c1-14(2)7-9-19(10-8-14)11-12-5-3-4-6-13(12)20-15(16,17)18/h3-6H,7-11H2,1-2H3. The molecule has 0 unspecified atom stereocenters. The minimum absolute atomic E-state index is 0.0927. The molecule has 0 aliphatic carbocycles. The molecule has 1 heterocycles. The summed E-state index contributed by atoms with van der Waals surface area (Å²) in [5.74, 6) is -0.0927. The van der Waals surface area contributed by atoms with Crippen LogP contribution in [-0.4, -0.2) is 24.4 Å². The Morgan fingerprint density at radius 2 is 1.75 bits per heavy atom. The maximum atomic E-state index is 12.4. The lowest BCUT2D eigenvalue weighted by Crippen LogP contribution is -2.36. The number of alkyl halides is 3. The number of para-hydroxylation sites is 1. The average Bonchev–Trinajstić information content (AvgIpc) is 2.32. The fourth-order valence-electron chi connectivity index (χ4n) is 2.42. The lowest BCUT2D eigenvalue weighted by atomic mass is 9.82. The minimum atomic E-state index is -4.64. The highest BCUT2D eigenvalue weighted by Gasteiger charge is 2.32. The fraction of sp³-hybridized carbons (Fsp3) is 0.600. The number of hydrogen-bond donors (Lipinski definition) is 0. The molecule has 1 aromatic rings. The zero-order valence-corrected chi connectivity index (χ0v) is 11.8. The summed E-state index contributed by atoms with van der Waals surface area (Å²) in [4.78, 5) is 2.18. The third-order valence-electron chi connectivity index (χ3n) is 3.80. The Hall–Kier alpha value is -1.23. The lowest BCUT2D eigenvalue weighted by Gasteiger charge is -2.37. The van der Waals surface area contributed by atoms with Crippen LogP contribution in [-0.2, 0) is 6.54 Å². The first kappa shape index (κ1) is 15.2. The molecular weight excluding hydrogens is 267 g/mol. The van der Waals surface area contributed by atoms with E-state index in [9.17, 15) is 13.2 Å².